The Bertz CT molecular complexity index is 970. The number of aromatic nitrogens is 1. The SMILES string of the molecule is C=CCCC(O)CN1CCN(Cc2nc(C(=O)N3CCN(c4c(C)cccc4C)CC3)co2)CC1. The molecule has 0 saturated carbocycles. The van der Waals surface area contributed by atoms with Gasteiger partial charge in [-0.25, -0.2) is 4.98 Å². The Morgan fingerprint density at radius 1 is 1.09 bits per heavy atom. The summed E-state index contributed by atoms with van der Waals surface area (Å²) in [6.45, 7) is 15.9. The number of hydrogen-bond acceptors (Lipinski definition) is 7. The van der Waals surface area contributed by atoms with E-state index >= 15 is 0 Å². The second-order valence-electron chi connectivity index (χ2n) is 9.74. The predicted octanol–water partition coefficient (Wildman–Crippen LogP) is 2.70. The number of anilines is 1. The minimum absolute atomic E-state index is 0.0560. The topological polar surface area (TPSA) is 76.3 Å². The van der Waals surface area contributed by atoms with Crippen LogP contribution < -0.4 is 4.90 Å². The molecule has 4 rings (SSSR count). The summed E-state index contributed by atoms with van der Waals surface area (Å²) in [6.07, 6.45) is 4.65. The predicted molar refractivity (Wildman–Crippen MR) is 138 cm³/mol. The van der Waals surface area contributed by atoms with Crippen LogP contribution in [0.2, 0.25) is 0 Å². The van der Waals surface area contributed by atoms with Crippen LogP contribution in [0.3, 0.4) is 0 Å². The second-order valence-corrected chi connectivity index (χ2v) is 9.74. The third kappa shape index (κ3) is 6.51. The Morgan fingerprint density at radius 3 is 2.40 bits per heavy atom. The highest BCUT2D eigenvalue weighted by atomic mass is 16.3. The van der Waals surface area contributed by atoms with E-state index in [0.29, 0.717) is 37.8 Å². The van der Waals surface area contributed by atoms with Crippen LogP contribution in [0.4, 0.5) is 5.69 Å². The summed E-state index contributed by atoms with van der Waals surface area (Å²) in [5, 5.41) is 10.1. The number of aliphatic hydroxyl groups is 1. The van der Waals surface area contributed by atoms with Crippen molar-refractivity contribution < 1.29 is 14.3 Å². The number of allylic oxidation sites excluding steroid dienone is 1. The number of benzene rings is 1. The van der Waals surface area contributed by atoms with Gasteiger partial charge in [0.2, 0.25) is 5.89 Å². The molecule has 1 N–H and O–H groups in total. The molecule has 1 aromatic carbocycles. The van der Waals surface area contributed by atoms with E-state index in [2.05, 4.69) is 58.3 Å². The molecule has 1 unspecified atom stereocenters. The van der Waals surface area contributed by atoms with E-state index in [-0.39, 0.29) is 12.0 Å². The first-order valence-corrected chi connectivity index (χ1v) is 12.7. The third-order valence-electron chi connectivity index (χ3n) is 7.09. The highest BCUT2D eigenvalue weighted by Gasteiger charge is 2.26. The van der Waals surface area contributed by atoms with E-state index in [4.69, 9.17) is 4.42 Å². The van der Waals surface area contributed by atoms with E-state index in [0.717, 1.165) is 52.1 Å². The molecule has 1 aromatic heterocycles. The van der Waals surface area contributed by atoms with Crippen molar-refractivity contribution in [3.05, 3.63) is 59.8 Å². The number of carbonyl (C=O) groups excluding carboxylic acids is 1. The summed E-state index contributed by atoms with van der Waals surface area (Å²) in [5.41, 5.74) is 4.23. The Labute approximate surface area is 208 Å². The quantitative estimate of drug-likeness (QED) is 0.552. The largest absolute Gasteiger partial charge is 0.447 e. The smallest absolute Gasteiger partial charge is 0.275 e. The molecule has 0 bridgehead atoms. The van der Waals surface area contributed by atoms with Crippen LogP contribution in [0.1, 0.15) is 40.3 Å². The Kier molecular flexibility index (Phi) is 8.59. The van der Waals surface area contributed by atoms with Crippen molar-refractivity contribution in [3.63, 3.8) is 0 Å². The molecule has 3 heterocycles. The number of hydrogen-bond donors (Lipinski definition) is 1. The van der Waals surface area contributed by atoms with Gasteiger partial charge in [0, 0.05) is 64.6 Å². The van der Waals surface area contributed by atoms with Crippen LogP contribution in [0.25, 0.3) is 0 Å². The highest BCUT2D eigenvalue weighted by molar-refractivity contribution is 5.92. The maximum Gasteiger partial charge on any atom is 0.275 e. The molecule has 2 fully saturated rings. The third-order valence-corrected chi connectivity index (χ3v) is 7.09. The number of carbonyl (C=O) groups is 1. The number of nitrogens with zero attached hydrogens (tertiary/aromatic N) is 5. The van der Waals surface area contributed by atoms with Gasteiger partial charge in [-0.3, -0.25) is 14.6 Å². The molecule has 0 spiro atoms. The number of amides is 1. The van der Waals surface area contributed by atoms with Crippen LogP contribution in [-0.2, 0) is 6.54 Å². The zero-order valence-electron chi connectivity index (χ0n) is 21.2. The number of aryl methyl sites for hydroxylation is 2. The van der Waals surface area contributed by atoms with Gasteiger partial charge in [0.1, 0.15) is 6.26 Å². The van der Waals surface area contributed by atoms with Crippen LogP contribution >= 0.6 is 0 Å². The lowest BCUT2D eigenvalue weighted by atomic mass is 10.1. The Balaban J connectivity index is 1.23. The molecule has 2 saturated heterocycles. The standard InChI is InChI=1S/C27H39N5O3/c1-4-5-9-23(33)18-29-10-12-30(13-11-29)19-25-28-24(20-35-25)27(34)32-16-14-31(15-17-32)26-21(2)7-6-8-22(26)3/h4,6-8,20,23,33H,1,5,9-19H2,2-3H3. The number of rotatable bonds is 9. The summed E-state index contributed by atoms with van der Waals surface area (Å²) in [5.74, 6) is 0.529. The molecule has 2 aliphatic heterocycles. The van der Waals surface area contributed by atoms with E-state index in [1.807, 2.05) is 11.0 Å². The summed E-state index contributed by atoms with van der Waals surface area (Å²) >= 11 is 0. The Hall–Kier alpha value is -2.68. The van der Waals surface area contributed by atoms with Gasteiger partial charge >= 0.3 is 0 Å². The average Bonchev–Trinajstić information content (AvgIpc) is 3.32. The first-order valence-electron chi connectivity index (χ1n) is 12.7. The normalized spacial score (nSPS) is 18.6. The van der Waals surface area contributed by atoms with Gasteiger partial charge in [0.15, 0.2) is 5.69 Å². The number of aliphatic hydroxyl groups excluding tert-OH is 1. The number of piperazine rings is 2. The van der Waals surface area contributed by atoms with Gasteiger partial charge in [0.05, 0.1) is 12.6 Å². The van der Waals surface area contributed by atoms with Crippen molar-refractivity contribution in [2.24, 2.45) is 0 Å². The van der Waals surface area contributed by atoms with Crippen LogP contribution in [0.5, 0.6) is 0 Å². The average molecular weight is 482 g/mol. The second kappa shape index (κ2) is 11.8. The van der Waals surface area contributed by atoms with Crippen molar-refractivity contribution >= 4 is 11.6 Å². The fraction of sp³-hybridized carbons (Fsp3) is 0.556. The van der Waals surface area contributed by atoms with Crippen molar-refractivity contribution in [1.82, 2.24) is 19.7 Å². The molecule has 1 atom stereocenters. The van der Waals surface area contributed by atoms with E-state index < -0.39 is 0 Å². The first kappa shape index (κ1) is 25.4. The zero-order chi connectivity index (χ0) is 24.8. The van der Waals surface area contributed by atoms with E-state index in [1.165, 1.54) is 23.1 Å². The molecular formula is C27H39N5O3. The number of β-amino-alcohol motifs (C(OH)–C–C–N with tert-alkyl or cyclic N) is 1. The van der Waals surface area contributed by atoms with Crippen LogP contribution in [0, 0.1) is 13.8 Å². The number of oxazole rings is 1. The summed E-state index contributed by atoms with van der Waals surface area (Å²) in [6, 6.07) is 6.38. The minimum Gasteiger partial charge on any atom is -0.447 e. The molecule has 8 nitrogen and oxygen atoms in total. The zero-order valence-corrected chi connectivity index (χ0v) is 21.2. The molecule has 35 heavy (non-hydrogen) atoms. The van der Waals surface area contributed by atoms with Crippen molar-refractivity contribution in [1.29, 1.82) is 0 Å². The van der Waals surface area contributed by atoms with Crippen molar-refractivity contribution in [2.75, 3.05) is 63.8 Å². The lowest BCUT2D eigenvalue weighted by molar-refractivity contribution is 0.0642. The van der Waals surface area contributed by atoms with Gasteiger partial charge < -0.3 is 19.3 Å². The summed E-state index contributed by atoms with van der Waals surface area (Å²) < 4.78 is 5.66. The van der Waals surface area contributed by atoms with Crippen LogP contribution in [-0.4, -0.2) is 95.7 Å². The van der Waals surface area contributed by atoms with E-state index in [9.17, 15) is 9.90 Å². The molecule has 190 valence electrons. The molecule has 0 aliphatic carbocycles. The van der Waals surface area contributed by atoms with Gasteiger partial charge in [-0.15, -0.1) is 6.58 Å². The van der Waals surface area contributed by atoms with Crippen LogP contribution in [0.15, 0.2) is 41.5 Å². The summed E-state index contributed by atoms with van der Waals surface area (Å²) in [7, 11) is 0. The minimum atomic E-state index is -0.303. The number of para-hydroxylation sites is 1. The lowest BCUT2D eigenvalue weighted by Gasteiger charge is -2.37. The summed E-state index contributed by atoms with van der Waals surface area (Å²) in [4.78, 5) is 26.4. The molecule has 8 heteroatoms. The lowest BCUT2D eigenvalue weighted by Crippen LogP contribution is -2.49. The maximum atomic E-state index is 13.0. The maximum absolute atomic E-state index is 13.0. The first-order chi connectivity index (χ1) is 16.9. The fourth-order valence-electron chi connectivity index (χ4n) is 5.10. The molecular weight excluding hydrogens is 442 g/mol. The molecule has 0 radical (unpaired) electrons. The fourth-order valence-corrected chi connectivity index (χ4v) is 5.10. The molecule has 2 aromatic rings. The van der Waals surface area contributed by atoms with Crippen molar-refractivity contribution in [2.45, 2.75) is 39.3 Å². The van der Waals surface area contributed by atoms with Gasteiger partial charge in [-0.05, 0) is 37.8 Å². The van der Waals surface area contributed by atoms with Gasteiger partial charge in [-0.1, -0.05) is 24.3 Å². The van der Waals surface area contributed by atoms with Gasteiger partial charge in [0.25, 0.3) is 5.91 Å². The molecule has 1 amide bonds. The van der Waals surface area contributed by atoms with E-state index in [1.54, 1.807) is 0 Å². The Morgan fingerprint density at radius 2 is 1.74 bits per heavy atom. The highest BCUT2D eigenvalue weighted by Crippen LogP contribution is 2.26. The van der Waals surface area contributed by atoms with Gasteiger partial charge in [-0.2, -0.15) is 0 Å². The van der Waals surface area contributed by atoms with Crippen molar-refractivity contribution in [3.8, 4) is 0 Å². The molecule has 2 aliphatic rings. The monoisotopic (exact) mass is 481 g/mol.